The molecule has 1 aromatic rings. The Labute approximate surface area is 92.5 Å². The number of nitrogens with one attached hydrogen (secondary N) is 1. The van der Waals surface area contributed by atoms with Crippen molar-refractivity contribution in [3.05, 3.63) is 41.9 Å². The molecule has 1 aromatic heterocycles. The zero-order valence-electron chi connectivity index (χ0n) is 8.90. The predicted octanol–water partition coefficient (Wildman–Crippen LogP) is 1.68. The average molecular weight is 221 g/mol. The molecule has 0 aliphatic heterocycles. The van der Waals surface area contributed by atoms with E-state index in [1.165, 1.54) is 6.08 Å². The first-order chi connectivity index (χ1) is 7.66. The van der Waals surface area contributed by atoms with Crippen LogP contribution in [0.3, 0.4) is 0 Å². The van der Waals surface area contributed by atoms with Crippen LogP contribution in [0.5, 0.6) is 0 Å². The summed E-state index contributed by atoms with van der Waals surface area (Å²) in [7, 11) is 1.75. The molecule has 0 spiro atoms. The number of rotatable bonds is 2. The maximum atomic E-state index is 12.7. The van der Waals surface area contributed by atoms with Gasteiger partial charge in [-0.1, -0.05) is 0 Å². The van der Waals surface area contributed by atoms with Gasteiger partial charge in [0.05, 0.1) is 0 Å². The van der Waals surface area contributed by atoms with E-state index in [1.54, 1.807) is 30.1 Å². The van der Waals surface area contributed by atoms with E-state index in [4.69, 9.17) is 0 Å². The van der Waals surface area contributed by atoms with Gasteiger partial charge in [0.2, 0.25) is 0 Å². The Morgan fingerprint density at radius 3 is 2.88 bits per heavy atom. The Morgan fingerprint density at radius 1 is 1.50 bits per heavy atom. The second kappa shape index (κ2) is 4.30. The van der Waals surface area contributed by atoms with Gasteiger partial charge in [-0.3, -0.25) is 4.79 Å². The van der Waals surface area contributed by atoms with Gasteiger partial charge < -0.3 is 9.88 Å². The molecule has 0 fully saturated rings. The van der Waals surface area contributed by atoms with Crippen molar-refractivity contribution < 1.29 is 9.18 Å². The number of halogens is 1. The lowest BCUT2D eigenvalue weighted by atomic mass is 10.1. The van der Waals surface area contributed by atoms with Crippen molar-refractivity contribution in [3.63, 3.8) is 0 Å². The average Bonchev–Trinajstić information content (AvgIpc) is 2.68. The molecule has 1 aliphatic carbocycles. The summed E-state index contributed by atoms with van der Waals surface area (Å²) in [6.07, 6.45) is 7.07. The van der Waals surface area contributed by atoms with Gasteiger partial charge in [0.25, 0.3) is 5.91 Å². The molecule has 1 aliphatic rings. The smallest absolute Gasteiger partial charge is 0.291 e. The first kappa shape index (κ1) is 10.6. The second-order valence-electron chi connectivity index (χ2n) is 3.62. The Kier molecular flexibility index (Phi) is 2.85. The maximum Gasteiger partial charge on any atom is 0.291 e. The number of aryl methyl sites for hydroxylation is 1. The highest BCUT2D eigenvalue weighted by molar-refractivity contribution is 5.92. The summed E-state index contributed by atoms with van der Waals surface area (Å²) < 4.78 is 14.4. The number of imidazole rings is 1. The molecule has 0 unspecified atom stereocenters. The highest BCUT2D eigenvalue weighted by Crippen LogP contribution is 2.17. The fourth-order valence-corrected chi connectivity index (χ4v) is 1.50. The summed E-state index contributed by atoms with van der Waals surface area (Å²) in [5.74, 6) is -0.0830. The van der Waals surface area contributed by atoms with E-state index in [0.717, 1.165) is 5.70 Å². The number of hydrogen-bond acceptors (Lipinski definition) is 2. The molecular weight excluding hydrogens is 209 g/mol. The van der Waals surface area contributed by atoms with E-state index in [-0.39, 0.29) is 11.7 Å². The molecule has 0 atom stereocenters. The quantitative estimate of drug-likeness (QED) is 0.825. The van der Waals surface area contributed by atoms with E-state index < -0.39 is 0 Å². The molecule has 0 saturated heterocycles. The van der Waals surface area contributed by atoms with Crippen molar-refractivity contribution in [1.29, 1.82) is 0 Å². The van der Waals surface area contributed by atoms with E-state index in [1.807, 2.05) is 0 Å². The van der Waals surface area contributed by atoms with Crippen LogP contribution in [0.4, 0.5) is 4.39 Å². The zero-order valence-corrected chi connectivity index (χ0v) is 8.90. The molecule has 1 amide bonds. The molecule has 0 radical (unpaired) electrons. The van der Waals surface area contributed by atoms with Gasteiger partial charge in [-0.05, 0) is 18.6 Å². The van der Waals surface area contributed by atoms with Gasteiger partial charge in [0.1, 0.15) is 5.83 Å². The minimum atomic E-state index is -0.269. The monoisotopic (exact) mass is 221 g/mol. The number of hydrogen-bond donors (Lipinski definition) is 1. The minimum Gasteiger partial charge on any atom is -0.330 e. The van der Waals surface area contributed by atoms with Crippen LogP contribution in [-0.4, -0.2) is 15.5 Å². The Bertz CT molecular complexity index is 473. The fourth-order valence-electron chi connectivity index (χ4n) is 1.50. The SMILES string of the molecule is Cn1ccnc1C(=O)NC1=CC=C(F)CC1. The van der Waals surface area contributed by atoms with Crippen LogP contribution in [-0.2, 0) is 7.05 Å². The fraction of sp³-hybridized carbons (Fsp3) is 0.273. The van der Waals surface area contributed by atoms with E-state index in [2.05, 4.69) is 10.3 Å². The summed E-state index contributed by atoms with van der Waals surface area (Å²) in [6, 6.07) is 0. The van der Waals surface area contributed by atoms with Crippen molar-refractivity contribution in [2.45, 2.75) is 12.8 Å². The second-order valence-corrected chi connectivity index (χ2v) is 3.62. The molecule has 1 heterocycles. The lowest BCUT2D eigenvalue weighted by molar-refractivity contribution is 0.0951. The van der Waals surface area contributed by atoms with Crippen LogP contribution in [0, 0.1) is 0 Å². The van der Waals surface area contributed by atoms with Crippen molar-refractivity contribution in [2.75, 3.05) is 0 Å². The van der Waals surface area contributed by atoms with Crippen LogP contribution in [0.1, 0.15) is 23.5 Å². The van der Waals surface area contributed by atoms with E-state index >= 15 is 0 Å². The van der Waals surface area contributed by atoms with Crippen molar-refractivity contribution >= 4 is 5.91 Å². The first-order valence-corrected chi connectivity index (χ1v) is 5.01. The van der Waals surface area contributed by atoms with Gasteiger partial charge in [-0.15, -0.1) is 0 Å². The van der Waals surface area contributed by atoms with Gasteiger partial charge in [0, 0.05) is 31.6 Å². The summed E-state index contributed by atoms with van der Waals surface area (Å²) in [5, 5.41) is 2.71. The lowest BCUT2D eigenvalue weighted by Crippen LogP contribution is -2.26. The van der Waals surface area contributed by atoms with E-state index in [0.29, 0.717) is 18.7 Å². The van der Waals surface area contributed by atoms with Gasteiger partial charge >= 0.3 is 0 Å². The molecule has 0 aromatic carbocycles. The molecule has 5 heteroatoms. The van der Waals surface area contributed by atoms with Crippen molar-refractivity contribution in [1.82, 2.24) is 14.9 Å². The normalized spacial score (nSPS) is 15.4. The van der Waals surface area contributed by atoms with Crippen LogP contribution in [0.2, 0.25) is 0 Å². The number of amides is 1. The summed E-state index contributed by atoms with van der Waals surface area (Å²) >= 11 is 0. The van der Waals surface area contributed by atoms with Crippen molar-refractivity contribution in [3.8, 4) is 0 Å². The number of carbonyl (C=O) groups excluding carboxylic acids is 1. The van der Waals surface area contributed by atoms with Crippen LogP contribution < -0.4 is 5.32 Å². The van der Waals surface area contributed by atoms with Crippen molar-refractivity contribution in [2.24, 2.45) is 7.05 Å². The third-order valence-electron chi connectivity index (χ3n) is 2.40. The third-order valence-corrected chi connectivity index (χ3v) is 2.40. The molecular formula is C11H12FN3O. The van der Waals surface area contributed by atoms with Crippen LogP contribution in [0.15, 0.2) is 36.1 Å². The molecule has 16 heavy (non-hydrogen) atoms. The molecule has 2 rings (SSSR count). The minimum absolute atomic E-state index is 0.157. The van der Waals surface area contributed by atoms with Crippen LogP contribution in [0.25, 0.3) is 0 Å². The predicted molar refractivity (Wildman–Crippen MR) is 57.2 cm³/mol. The number of carbonyl (C=O) groups is 1. The standard InChI is InChI=1S/C11H12FN3O/c1-15-7-6-13-10(15)11(16)14-9-4-2-8(12)3-5-9/h2,4,6-7H,3,5H2,1H3,(H,14,16). The zero-order chi connectivity index (χ0) is 11.5. The van der Waals surface area contributed by atoms with Gasteiger partial charge in [-0.25, -0.2) is 9.37 Å². The Hall–Kier alpha value is -1.91. The highest BCUT2D eigenvalue weighted by Gasteiger charge is 2.13. The molecule has 0 bridgehead atoms. The number of aromatic nitrogens is 2. The summed E-state index contributed by atoms with van der Waals surface area (Å²) in [6.45, 7) is 0. The molecule has 4 nitrogen and oxygen atoms in total. The molecule has 1 N–H and O–H groups in total. The Balaban J connectivity index is 2.07. The van der Waals surface area contributed by atoms with Gasteiger partial charge in [-0.2, -0.15) is 0 Å². The van der Waals surface area contributed by atoms with E-state index in [9.17, 15) is 9.18 Å². The number of allylic oxidation sites excluding steroid dienone is 4. The van der Waals surface area contributed by atoms with Crippen LogP contribution >= 0.6 is 0 Å². The summed E-state index contributed by atoms with van der Waals surface area (Å²) in [4.78, 5) is 15.7. The lowest BCUT2D eigenvalue weighted by Gasteiger charge is -2.11. The number of nitrogens with zero attached hydrogens (tertiary/aromatic N) is 2. The topological polar surface area (TPSA) is 46.9 Å². The molecule has 84 valence electrons. The Morgan fingerprint density at radius 2 is 2.31 bits per heavy atom. The highest BCUT2D eigenvalue weighted by atomic mass is 19.1. The maximum absolute atomic E-state index is 12.7. The largest absolute Gasteiger partial charge is 0.330 e. The molecule has 0 saturated carbocycles. The van der Waals surface area contributed by atoms with Gasteiger partial charge in [0.15, 0.2) is 5.82 Å². The summed E-state index contributed by atoms with van der Waals surface area (Å²) in [5.41, 5.74) is 0.717. The first-order valence-electron chi connectivity index (χ1n) is 5.01. The third kappa shape index (κ3) is 2.18.